The van der Waals surface area contributed by atoms with E-state index >= 15 is 0 Å². The van der Waals surface area contributed by atoms with Gasteiger partial charge in [0.1, 0.15) is 5.76 Å². The molecule has 0 saturated carbocycles. The average molecular weight is 444 g/mol. The van der Waals surface area contributed by atoms with Gasteiger partial charge < -0.3 is 14.7 Å². The first kappa shape index (κ1) is 17.8. The molecule has 0 aliphatic heterocycles. The molecule has 1 amide bonds. The first-order valence-corrected chi connectivity index (χ1v) is 9.96. The molecular formula is C24H16BrN2O2. The molecule has 0 atom stereocenters. The molecule has 1 radical (unpaired) electrons. The number of carbonyl (C=O) groups excluding carboxylic acids is 1. The van der Waals surface area contributed by atoms with Gasteiger partial charge in [-0.15, -0.1) is 0 Å². The van der Waals surface area contributed by atoms with Gasteiger partial charge in [0.05, 0.1) is 17.3 Å². The molecule has 2 heterocycles. The Morgan fingerprint density at radius 2 is 1.90 bits per heavy atom. The van der Waals surface area contributed by atoms with E-state index in [0.29, 0.717) is 12.1 Å². The van der Waals surface area contributed by atoms with Crippen LogP contribution in [0.4, 0.5) is 0 Å². The van der Waals surface area contributed by atoms with Crippen LogP contribution in [-0.4, -0.2) is 10.5 Å². The van der Waals surface area contributed by atoms with Crippen molar-refractivity contribution in [3.05, 3.63) is 94.7 Å². The maximum atomic E-state index is 12.1. The molecule has 2 N–H and O–H groups in total. The number of hydrogen-bond acceptors (Lipinski definition) is 2. The van der Waals surface area contributed by atoms with Crippen LogP contribution < -0.4 is 5.73 Å². The fraction of sp³-hybridized carbons (Fsp3) is 0.0417. The second kappa shape index (κ2) is 6.94. The molecule has 141 valence electrons. The van der Waals surface area contributed by atoms with Crippen molar-refractivity contribution >= 4 is 43.6 Å². The van der Waals surface area contributed by atoms with E-state index < -0.39 is 5.91 Å². The molecule has 2 aromatic heterocycles. The monoisotopic (exact) mass is 443 g/mol. The zero-order valence-corrected chi connectivity index (χ0v) is 16.9. The van der Waals surface area contributed by atoms with Gasteiger partial charge in [-0.2, -0.15) is 0 Å². The first-order chi connectivity index (χ1) is 14.1. The topological polar surface area (TPSA) is 61.2 Å². The molecule has 0 unspecified atom stereocenters. The second-order valence-electron chi connectivity index (χ2n) is 6.90. The van der Waals surface area contributed by atoms with Gasteiger partial charge in [0, 0.05) is 32.9 Å². The van der Waals surface area contributed by atoms with Crippen LogP contribution >= 0.6 is 15.9 Å². The number of furan rings is 1. The lowest BCUT2D eigenvalue weighted by molar-refractivity contribution is 0.100. The van der Waals surface area contributed by atoms with Crippen LogP contribution in [0, 0.1) is 6.07 Å². The van der Waals surface area contributed by atoms with Gasteiger partial charge in [-0.25, -0.2) is 0 Å². The largest absolute Gasteiger partial charge is 0.464 e. The fourth-order valence-electron chi connectivity index (χ4n) is 3.79. The van der Waals surface area contributed by atoms with Gasteiger partial charge in [0.25, 0.3) is 0 Å². The highest BCUT2D eigenvalue weighted by Gasteiger charge is 2.17. The Labute approximate surface area is 175 Å². The van der Waals surface area contributed by atoms with Crippen molar-refractivity contribution < 1.29 is 9.21 Å². The highest BCUT2D eigenvalue weighted by Crippen LogP contribution is 2.34. The minimum absolute atomic E-state index is 0.443. The van der Waals surface area contributed by atoms with E-state index in [1.807, 2.05) is 42.5 Å². The number of rotatable bonds is 4. The maximum Gasteiger partial charge on any atom is 0.249 e. The standard InChI is InChI=1S/C24H16BrN2O2/c25-17-9-6-15(7-10-17)14-27-20-4-1-3-19(24(26)28)23(20)18-11-8-16(13-21(18)27)22-5-2-12-29-22/h1-10,12-13H,14H2,(H2,26,28). The second-order valence-corrected chi connectivity index (χ2v) is 7.82. The molecule has 3 aromatic carbocycles. The summed E-state index contributed by atoms with van der Waals surface area (Å²) in [6.45, 7) is 0.658. The maximum absolute atomic E-state index is 12.1. The SMILES string of the molecule is NC(=O)c1cccc2c1c1[c]cc(-c3ccco3)cc1n2Cc1ccc(Br)cc1. The minimum Gasteiger partial charge on any atom is -0.464 e. The van der Waals surface area contributed by atoms with E-state index in [1.165, 1.54) is 0 Å². The third-order valence-electron chi connectivity index (χ3n) is 5.12. The van der Waals surface area contributed by atoms with Crippen molar-refractivity contribution in [2.24, 2.45) is 5.73 Å². The van der Waals surface area contributed by atoms with Crippen LogP contribution in [0.15, 0.2) is 81.9 Å². The molecule has 0 aliphatic rings. The zero-order valence-electron chi connectivity index (χ0n) is 15.4. The normalized spacial score (nSPS) is 11.3. The number of fused-ring (bicyclic) bond motifs is 3. The van der Waals surface area contributed by atoms with Gasteiger partial charge in [0.15, 0.2) is 0 Å². The Bertz CT molecular complexity index is 1350. The summed E-state index contributed by atoms with van der Waals surface area (Å²) in [6, 6.07) is 25.0. The van der Waals surface area contributed by atoms with Crippen LogP contribution in [0.3, 0.4) is 0 Å². The quantitative estimate of drug-likeness (QED) is 0.383. The molecule has 5 aromatic rings. The number of amides is 1. The summed E-state index contributed by atoms with van der Waals surface area (Å²) in [7, 11) is 0. The average Bonchev–Trinajstić information content (AvgIpc) is 3.36. The number of benzene rings is 3. The number of nitrogens with two attached hydrogens (primary N) is 1. The molecule has 5 rings (SSSR count). The number of primary amides is 1. The number of carbonyl (C=O) groups is 1. The minimum atomic E-state index is -0.443. The molecule has 0 aliphatic carbocycles. The van der Waals surface area contributed by atoms with Crippen molar-refractivity contribution in [1.29, 1.82) is 0 Å². The Balaban J connectivity index is 1.81. The summed E-state index contributed by atoms with van der Waals surface area (Å²) in [5.74, 6) is 0.334. The third kappa shape index (κ3) is 3.04. The molecule has 0 bridgehead atoms. The lowest BCUT2D eigenvalue weighted by atomic mass is 10.0. The predicted octanol–water partition coefficient (Wildman–Crippen LogP) is 5.76. The summed E-state index contributed by atoms with van der Waals surface area (Å²) in [5.41, 5.74) is 10.2. The number of nitrogens with zero attached hydrogens (tertiary/aromatic N) is 1. The van der Waals surface area contributed by atoms with Crippen molar-refractivity contribution in [3.63, 3.8) is 0 Å². The van der Waals surface area contributed by atoms with E-state index in [1.54, 1.807) is 12.3 Å². The van der Waals surface area contributed by atoms with Gasteiger partial charge >= 0.3 is 0 Å². The molecule has 4 nitrogen and oxygen atoms in total. The highest BCUT2D eigenvalue weighted by atomic mass is 79.9. The van der Waals surface area contributed by atoms with Gasteiger partial charge in [-0.05, 0) is 60.2 Å². The smallest absolute Gasteiger partial charge is 0.249 e. The highest BCUT2D eigenvalue weighted by molar-refractivity contribution is 9.10. The van der Waals surface area contributed by atoms with Crippen molar-refractivity contribution in [2.45, 2.75) is 6.54 Å². The Kier molecular flexibility index (Phi) is 4.25. The van der Waals surface area contributed by atoms with Gasteiger partial charge in [-0.3, -0.25) is 4.79 Å². The van der Waals surface area contributed by atoms with E-state index in [9.17, 15) is 4.79 Å². The Morgan fingerprint density at radius 3 is 2.62 bits per heavy atom. The Morgan fingerprint density at radius 1 is 1.07 bits per heavy atom. The molecule has 0 spiro atoms. The van der Waals surface area contributed by atoms with E-state index in [4.69, 9.17) is 10.2 Å². The van der Waals surface area contributed by atoms with E-state index in [2.05, 4.69) is 44.8 Å². The van der Waals surface area contributed by atoms with Gasteiger partial charge in [-0.1, -0.05) is 34.1 Å². The zero-order chi connectivity index (χ0) is 20.0. The number of halogens is 1. The van der Waals surface area contributed by atoms with Crippen LogP contribution in [0.1, 0.15) is 15.9 Å². The van der Waals surface area contributed by atoms with Crippen molar-refractivity contribution in [1.82, 2.24) is 4.57 Å². The lowest BCUT2D eigenvalue weighted by Crippen LogP contribution is -2.11. The van der Waals surface area contributed by atoms with Gasteiger partial charge in [0.2, 0.25) is 5.91 Å². The van der Waals surface area contributed by atoms with Crippen LogP contribution in [0.25, 0.3) is 33.1 Å². The summed E-state index contributed by atoms with van der Waals surface area (Å²) in [6.07, 6.45) is 1.65. The summed E-state index contributed by atoms with van der Waals surface area (Å²) in [5, 5.41) is 1.71. The molecule has 0 fully saturated rings. The number of hydrogen-bond donors (Lipinski definition) is 1. The van der Waals surface area contributed by atoms with Crippen molar-refractivity contribution in [3.8, 4) is 11.3 Å². The molecule has 5 heteroatoms. The summed E-state index contributed by atoms with van der Waals surface area (Å²) < 4.78 is 8.80. The van der Waals surface area contributed by atoms with Crippen LogP contribution in [-0.2, 0) is 6.54 Å². The van der Waals surface area contributed by atoms with E-state index in [-0.39, 0.29) is 0 Å². The van der Waals surface area contributed by atoms with Crippen LogP contribution in [0.5, 0.6) is 0 Å². The predicted molar refractivity (Wildman–Crippen MR) is 118 cm³/mol. The third-order valence-corrected chi connectivity index (χ3v) is 5.65. The summed E-state index contributed by atoms with van der Waals surface area (Å²) in [4.78, 5) is 12.1. The summed E-state index contributed by atoms with van der Waals surface area (Å²) >= 11 is 3.49. The Hall–Kier alpha value is -3.31. The van der Waals surface area contributed by atoms with E-state index in [0.717, 1.165) is 43.2 Å². The van der Waals surface area contributed by atoms with Crippen molar-refractivity contribution in [2.75, 3.05) is 0 Å². The number of aromatic nitrogens is 1. The molecule has 29 heavy (non-hydrogen) atoms. The fourth-order valence-corrected chi connectivity index (χ4v) is 4.05. The van der Waals surface area contributed by atoms with Crippen LogP contribution in [0.2, 0.25) is 0 Å². The molecule has 0 saturated heterocycles. The first-order valence-electron chi connectivity index (χ1n) is 9.16. The lowest BCUT2D eigenvalue weighted by Gasteiger charge is -2.09. The molecular weight excluding hydrogens is 428 g/mol.